The maximum absolute atomic E-state index is 12.6. The van der Waals surface area contributed by atoms with Crippen LogP contribution in [0.3, 0.4) is 0 Å². The molecular formula is C15H23N3O2. The maximum atomic E-state index is 12.6. The molecule has 0 aliphatic heterocycles. The lowest BCUT2D eigenvalue weighted by Crippen LogP contribution is -2.42. The zero-order chi connectivity index (χ0) is 14.5. The first kappa shape index (κ1) is 14.8. The lowest BCUT2D eigenvalue weighted by molar-refractivity contribution is 0.0682. The standard InChI is InChI=1S/C15H23N3O2/c1-16-11-4-6-12(7-5-11)18(2)15(19)13-8-9-17-10-14(13)20-3/h8-12,16H,4-7H2,1-3H3. The molecule has 0 atom stereocenters. The van der Waals surface area contributed by atoms with Gasteiger partial charge in [-0.25, -0.2) is 0 Å². The lowest BCUT2D eigenvalue weighted by atomic mass is 9.90. The number of nitrogens with one attached hydrogen (secondary N) is 1. The monoisotopic (exact) mass is 277 g/mol. The van der Waals surface area contributed by atoms with Crippen LogP contribution in [0.25, 0.3) is 0 Å². The van der Waals surface area contributed by atoms with E-state index < -0.39 is 0 Å². The topological polar surface area (TPSA) is 54.5 Å². The van der Waals surface area contributed by atoms with Crippen LogP contribution in [0.1, 0.15) is 36.0 Å². The number of aromatic nitrogens is 1. The summed E-state index contributed by atoms with van der Waals surface area (Å²) >= 11 is 0. The molecule has 1 aromatic heterocycles. The van der Waals surface area contributed by atoms with Gasteiger partial charge in [0.1, 0.15) is 5.75 Å². The van der Waals surface area contributed by atoms with E-state index in [1.54, 1.807) is 25.6 Å². The maximum Gasteiger partial charge on any atom is 0.257 e. The predicted octanol–water partition coefficient (Wildman–Crippen LogP) is 1.69. The molecule has 0 bridgehead atoms. The van der Waals surface area contributed by atoms with E-state index in [2.05, 4.69) is 10.3 Å². The molecule has 0 spiro atoms. The van der Waals surface area contributed by atoms with E-state index >= 15 is 0 Å². The summed E-state index contributed by atoms with van der Waals surface area (Å²) in [5.74, 6) is 0.547. The highest BCUT2D eigenvalue weighted by Crippen LogP contribution is 2.25. The van der Waals surface area contributed by atoms with Gasteiger partial charge < -0.3 is 15.0 Å². The van der Waals surface area contributed by atoms with Crippen molar-refractivity contribution in [3.8, 4) is 5.75 Å². The summed E-state index contributed by atoms with van der Waals surface area (Å²) in [4.78, 5) is 18.4. The van der Waals surface area contributed by atoms with Gasteiger partial charge in [0.15, 0.2) is 0 Å². The van der Waals surface area contributed by atoms with E-state index in [0.29, 0.717) is 23.4 Å². The molecule has 1 fully saturated rings. The minimum absolute atomic E-state index is 0.0113. The van der Waals surface area contributed by atoms with Crippen LogP contribution in [0.4, 0.5) is 0 Å². The van der Waals surface area contributed by atoms with Gasteiger partial charge in [0.2, 0.25) is 0 Å². The van der Waals surface area contributed by atoms with E-state index in [4.69, 9.17) is 4.74 Å². The van der Waals surface area contributed by atoms with Crippen molar-refractivity contribution in [2.75, 3.05) is 21.2 Å². The summed E-state index contributed by atoms with van der Waals surface area (Å²) in [5.41, 5.74) is 0.584. The average Bonchev–Trinajstić information content (AvgIpc) is 2.53. The molecule has 1 saturated carbocycles. The highest BCUT2D eigenvalue weighted by Gasteiger charge is 2.27. The number of carbonyl (C=O) groups excluding carboxylic acids is 1. The van der Waals surface area contributed by atoms with Gasteiger partial charge in [-0.15, -0.1) is 0 Å². The number of nitrogens with zero attached hydrogens (tertiary/aromatic N) is 2. The van der Waals surface area contributed by atoms with Gasteiger partial charge in [0, 0.05) is 25.3 Å². The van der Waals surface area contributed by atoms with Crippen LogP contribution in [0, 0.1) is 0 Å². The first-order chi connectivity index (χ1) is 9.67. The molecule has 20 heavy (non-hydrogen) atoms. The quantitative estimate of drug-likeness (QED) is 0.910. The molecule has 0 saturated heterocycles. The zero-order valence-corrected chi connectivity index (χ0v) is 12.4. The van der Waals surface area contributed by atoms with E-state index in [1.165, 1.54) is 0 Å². The second-order valence-electron chi connectivity index (χ2n) is 5.29. The Morgan fingerprint density at radius 3 is 2.70 bits per heavy atom. The second kappa shape index (κ2) is 6.70. The average molecular weight is 277 g/mol. The Hall–Kier alpha value is -1.62. The Balaban J connectivity index is 2.05. The van der Waals surface area contributed by atoms with Crippen molar-refractivity contribution in [2.45, 2.75) is 37.8 Å². The second-order valence-corrected chi connectivity index (χ2v) is 5.29. The fourth-order valence-electron chi connectivity index (χ4n) is 2.83. The highest BCUT2D eigenvalue weighted by molar-refractivity contribution is 5.96. The molecule has 1 N–H and O–H groups in total. The van der Waals surface area contributed by atoms with Gasteiger partial charge in [0.05, 0.1) is 18.9 Å². The van der Waals surface area contributed by atoms with Crippen molar-refractivity contribution >= 4 is 5.91 Å². The zero-order valence-electron chi connectivity index (χ0n) is 12.4. The van der Waals surface area contributed by atoms with Crippen molar-refractivity contribution in [1.29, 1.82) is 0 Å². The summed E-state index contributed by atoms with van der Waals surface area (Å²) in [7, 11) is 5.44. The van der Waals surface area contributed by atoms with E-state index in [0.717, 1.165) is 25.7 Å². The van der Waals surface area contributed by atoms with Gasteiger partial charge in [-0.2, -0.15) is 0 Å². The molecule has 2 rings (SSSR count). The highest BCUT2D eigenvalue weighted by atomic mass is 16.5. The van der Waals surface area contributed by atoms with Crippen molar-refractivity contribution in [1.82, 2.24) is 15.2 Å². The Morgan fingerprint density at radius 1 is 1.40 bits per heavy atom. The molecule has 1 heterocycles. The van der Waals surface area contributed by atoms with Crippen molar-refractivity contribution in [2.24, 2.45) is 0 Å². The number of pyridine rings is 1. The van der Waals surface area contributed by atoms with Crippen LogP contribution in [0.5, 0.6) is 5.75 Å². The largest absolute Gasteiger partial charge is 0.494 e. The van der Waals surface area contributed by atoms with Gasteiger partial charge in [-0.3, -0.25) is 9.78 Å². The number of rotatable bonds is 4. The molecular weight excluding hydrogens is 254 g/mol. The van der Waals surface area contributed by atoms with Crippen LogP contribution in [0.2, 0.25) is 0 Å². The van der Waals surface area contributed by atoms with Crippen LogP contribution < -0.4 is 10.1 Å². The Morgan fingerprint density at radius 2 is 2.10 bits per heavy atom. The molecule has 1 aromatic rings. The van der Waals surface area contributed by atoms with Crippen molar-refractivity contribution in [3.63, 3.8) is 0 Å². The summed E-state index contributed by atoms with van der Waals surface area (Å²) in [5, 5.41) is 3.31. The van der Waals surface area contributed by atoms with E-state index in [1.807, 2.05) is 19.0 Å². The van der Waals surface area contributed by atoms with Crippen molar-refractivity contribution in [3.05, 3.63) is 24.0 Å². The lowest BCUT2D eigenvalue weighted by Gasteiger charge is -2.34. The number of amides is 1. The molecule has 1 amide bonds. The number of hydrogen-bond donors (Lipinski definition) is 1. The molecule has 0 radical (unpaired) electrons. The predicted molar refractivity (Wildman–Crippen MR) is 78.0 cm³/mol. The third-order valence-corrected chi connectivity index (χ3v) is 4.21. The van der Waals surface area contributed by atoms with Crippen LogP contribution >= 0.6 is 0 Å². The fraction of sp³-hybridized carbons (Fsp3) is 0.600. The van der Waals surface area contributed by atoms with Crippen molar-refractivity contribution < 1.29 is 9.53 Å². The van der Waals surface area contributed by atoms with Crippen LogP contribution in [-0.4, -0.2) is 49.1 Å². The van der Waals surface area contributed by atoms with Crippen LogP contribution in [-0.2, 0) is 0 Å². The van der Waals surface area contributed by atoms with Gasteiger partial charge in [-0.1, -0.05) is 0 Å². The smallest absolute Gasteiger partial charge is 0.257 e. The van der Waals surface area contributed by atoms with Gasteiger partial charge >= 0.3 is 0 Å². The fourth-order valence-corrected chi connectivity index (χ4v) is 2.83. The molecule has 1 aliphatic carbocycles. The normalized spacial score (nSPS) is 22.4. The molecule has 0 unspecified atom stereocenters. The molecule has 1 aliphatic rings. The minimum Gasteiger partial charge on any atom is -0.494 e. The Labute approximate surface area is 120 Å². The SMILES string of the molecule is CNC1CCC(N(C)C(=O)c2ccncc2OC)CC1. The number of carbonyl (C=O) groups is 1. The van der Waals surface area contributed by atoms with Gasteiger partial charge in [-0.05, 0) is 38.8 Å². The molecule has 5 nitrogen and oxygen atoms in total. The number of ether oxygens (including phenoxy) is 1. The molecule has 5 heteroatoms. The third-order valence-electron chi connectivity index (χ3n) is 4.21. The van der Waals surface area contributed by atoms with E-state index in [-0.39, 0.29) is 5.91 Å². The minimum atomic E-state index is 0.0113. The number of methoxy groups -OCH3 is 1. The summed E-state index contributed by atoms with van der Waals surface area (Å²) in [6.07, 6.45) is 7.53. The Kier molecular flexibility index (Phi) is 4.95. The van der Waals surface area contributed by atoms with Crippen LogP contribution in [0.15, 0.2) is 18.5 Å². The first-order valence-corrected chi connectivity index (χ1v) is 7.09. The van der Waals surface area contributed by atoms with Gasteiger partial charge in [0.25, 0.3) is 5.91 Å². The number of hydrogen-bond acceptors (Lipinski definition) is 4. The van der Waals surface area contributed by atoms with E-state index in [9.17, 15) is 4.79 Å². The third kappa shape index (κ3) is 3.10. The summed E-state index contributed by atoms with van der Waals surface area (Å²) < 4.78 is 5.22. The Bertz CT molecular complexity index is 456. The molecule has 110 valence electrons. The summed E-state index contributed by atoms with van der Waals surface area (Å²) in [6, 6.07) is 2.62. The summed E-state index contributed by atoms with van der Waals surface area (Å²) in [6.45, 7) is 0. The molecule has 0 aromatic carbocycles. The first-order valence-electron chi connectivity index (χ1n) is 7.09.